The summed E-state index contributed by atoms with van der Waals surface area (Å²) in [5.74, 6) is 0.0950. The molecule has 3 heterocycles. The number of benzene rings is 1. The molecule has 2 aliphatic rings. The standard InChI is InChI=1S/C25H26ClN5O4/c26-21-12-18(4-3-17(21)5-8-23-28-30-31(29-23)13-24(32)33)20(11-15-9-10-35-14-15)22-7-6-19(16-1-2-16)25(34)27-22/h3-4,6-7,11-12,15-16H,1-2,5,8-10,13-14H2,(H,27,34)(H,32,33)/b20-11+/t15-/m1/s1. The topological polar surface area (TPSA) is 123 Å². The lowest BCUT2D eigenvalue weighted by molar-refractivity contribution is -0.138. The van der Waals surface area contributed by atoms with Gasteiger partial charge in [-0.25, -0.2) is 0 Å². The summed E-state index contributed by atoms with van der Waals surface area (Å²) in [6, 6.07) is 9.83. The lowest BCUT2D eigenvalue weighted by atomic mass is 9.94. The molecule has 0 radical (unpaired) electrons. The molecule has 9 nitrogen and oxygen atoms in total. The molecule has 35 heavy (non-hydrogen) atoms. The van der Waals surface area contributed by atoms with E-state index in [1.165, 1.54) is 0 Å². The van der Waals surface area contributed by atoms with Gasteiger partial charge < -0.3 is 14.8 Å². The van der Waals surface area contributed by atoms with E-state index in [4.69, 9.17) is 21.4 Å². The number of aryl methyl sites for hydroxylation is 2. The minimum absolute atomic E-state index is 0.0234. The van der Waals surface area contributed by atoms with E-state index in [2.05, 4.69) is 26.5 Å². The number of carbonyl (C=O) groups is 1. The molecular formula is C25H26ClN5O4. The van der Waals surface area contributed by atoms with Crippen molar-refractivity contribution in [2.45, 2.75) is 44.6 Å². The molecule has 0 amide bonds. The summed E-state index contributed by atoms with van der Waals surface area (Å²) in [6.45, 7) is 1.07. The van der Waals surface area contributed by atoms with Crippen molar-refractivity contribution < 1.29 is 14.6 Å². The van der Waals surface area contributed by atoms with Crippen LogP contribution in [0.15, 0.2) is 41.2 Å². The first-order valence-corrected chi connectivity index (χ1v) is 12.1. The first-order chi connectivity index (χ1) is 17.0. The summed E-state index contributed by atoms with van der Waals surface area (Å²) in [7, 11) is 0. The predicted octanol–water partition coefficient (Wildman–Crippen LogP) is 3.23. The minimum atomic E-state index is -1.02. The normalized spacial score (nSPS) is 18.2. The van der Waals surface area contributed by atoms with E-state index in [-0.39, 0.29) is 18.0 Å². The zero-order chi connectivity index (χ0) is 24.4. The predicted molar refractivity (Wildman–Crippen MR) is 129 cm³/mol. The molecule has 182 valence electrons. The first-order valence-electron chi connectivity index (χ1n) is 11.8. The van der Waals surface area contributed by atoms with Gasteiger partial charge in [0.2, 0.25) is 0 Å². The zero-order valence-corrected chi connectivity index (χ0v) is 19.9. The molecule has 1 aliphatic carbocycles. The van der Waals surface area contributed by atoms with Crippen molar-refractivity contribution in [2.75, 3.05) is 13.2 Å². The summed E-state index contributed by atoms with van der Waals surface area (Å²) < 4.78 is 5.56. The number of carboxylic acids is 1. The van der Waals surface area contributed by atoms with Gasteiger partial charge in [-0.1, -0.05) is 35.9 Å². The third-order valence-electron chi connectivity index (χ3n) is 6.37. The fourth-order valence-corrected chi connectivity index (χ4v) is 4.62. The second-order valence-corrected chi connectivity index (χ2v) is 9.48. The Morgan fingerprint density at radius 2 is 2.09 bits per heavy atom. The Morgan fingerprint density at radius 1 is 1.23 bits per heavy atom. The van der Waals surface area contributed by atoms with Crippen LogP contribution in [0.5, 0.6) is 0 Å². The van der Waals surface area contributed by atoms with Crippen molar-refractivity contribution in [3.63, 3.8) is 0 Å². The van der Waals surface area contributed by atoms with Gasteiger partial charge >= 0.3 is 5.97 Å². The van der Waals surface area contributed by atoms with E-state index < -0.39 is 5.97 Å². The summed E-state index contributed by atoms with van der Waals surface area (Å²) in [6.07, 6.45) is 6.33. The van der Waals surface area contributed by atoms with Crippen molar-refractivity contribution in [3.8, 4) is 0 Å². The second kappa shape index (κ2) is 10.1. The van der Waals surface area contributed by atoms with E-state index in [1.54, 1.807) is 0 Å². The average molecular weight is 496 g/mol. The Kier molecular flexibility index (Phi) is 6.79. The fourth-order valence-electron chi connectivity index (χ4n) is 4.35. The van der Waals surface area contributed by atoms with Crippen LogP contribution in [-0.2, 0) is 28.9 Å². The number of aromatic amines is 1. The number of nitrogens with zero attached hydrogens (tertiary/aromatic N) is 4. The second-order valence-electron chi connectivity index (χ2n) is 9.07. The van der Waals surface area contributed by atoms with E-state index in [9.17, 15) is 9.59 Å². The number of rotatable bonds is 9. The van der Waals surface area contributed by atoms with Crippen LogP contribution in [0.2, 0.25) is 5.02 Å². The van der Waals surface area contributed by atoms with Crippen molar-refractivity contribution in [1.29, 1.82) is 0 Å². The van der Waals surface area contributed by atoms with Crippen molar-refractivity contribution >= 4 is 23.1 Å². The molecule has 1 saturated heterocycles. The van der Waals surface area contributed by atoms with Crippen LogP contribution in [0.1, 0.15) is 53.4 Å². The van der Waals surface area contributed by atoms with Gasteiger partial charge in [-0.2, -0.15) is 4.80 Å². The first kappa shape index (κ1) is 23.4. The van der Waals surface area contributed by atoms with Gasteiger partial charge in [0.25, 0.3) is 5.56 Å². The molecule has 5 rings (SSSR count). The molecule has 0 unspecified atom stereocenters. The van der Waals surface area contributed by atoms with Crippen LogP contribution >= 0.6 is 11.6 Å². The average Bonchev–Trinajstić information content (AvgIpc) is 3.34. The highest BCUT2D eigenvalue weighted by Gasteiger charge is 2.26. The van der Waals surface area contributed by atoms with Crippen LogP contribution in [0.25, 0.3) is 5.57 Å². The monoisotopic (exact) mass is 495 g/mol. The zero-order valence-electron chi connectivity index (χ0n) is 19.1. The number of ether oxygens (including phenoxy) is 1. The van der Waals surface area contributed by atoms with Crippen LogP contribution in [0.3, 0.4) is 0 Å². The molecule has 2 N–H and O–H groups in total. The van der Waals surface area contributed by atoms with Gasteiger partial charge in [0.1, 0.15) is 0 Å². The Bertz CT molecular complexity index is 1320. The Morgan fingerprint density at radius 3 is 2.77 bits per heavy atom. The fraction of sp³-hybridized carbons (Fsp3) is 0.400. The molecular weight excluding hydrogens is 470 g/mol. The highest BCUT2D eigenvalue weighted by molar-refractivity contribution is 6.31. The summed E-state index contributed by atoms with van der Waals surface area (Å²) in [5.41, 5.74) is 4.39. The van der Waals surface area contributed by atoms with Crippen LogP contribution < -0.4 is 5.56 Å². The molecule has 1 saturated carbocycles. The molecule has 2 fully saturated rings. The van der Waals surface area contributed by atoms with Crippen LogP contribution in [-0.4, -0.2) is 49.5 Å². The molecule has 0 spiro atoms. The Labute approximate surface area is 206 Å². The summed E-state index contributed by atoms with van der Waals surface area (Å²) in [4.78, 5) is 27.7. The van der Waals surface area contributed by atoms with Crippen LogP contribution in [0.4, 0.5) is 0 Å². The number of aliphatic carboxylic acids is 1. The van der Waals surface area contributed by atoms with Gasteiger partial charge in [-0.3, -0.25) is 9.59 Å². The summed E-state index contributed by atoms with van der Waals surface area (Å²) in [5, 5.41) is 21.2. The summed E-state index contributed by atoms with van der Waals surface area (Å²) >= 11 is 6.66. The number of hydrogen-bond acceptors (Lipinski definition) is 6. The number of nitrogens with one attached hydrogen (secondary N) is 1. The molecule has 2 aromatic heterocycles. The maximum absolute atomic E-state index is 12.7. The van der Waals surface area contributed by atoms with E-state index in [0.717, 1.165) is 58.6 Å². The van der Waals surface area contributed by atoms with E-state index in [1.807, 2.05) is 30.3 Å². The number of tetrazole rings is 1. The maximum Gasteiger partial charge on any atom is 0.327 e. The van der Waals surface area contributed by atoms with Crippen molar-refractivity contribution in [2.24, 2.45) is 5.92 Å². The van der Waals surface area contributed by atoms with Crippen LogP contribution in [0, 0.1) is 5.92 Å². The lowest BCUT2D eigenvalue weighted by Gasteiger charge is -2.14. The minimum Gasteiger partial charge on any atom is -0.480 e. The Hall–Kier alpha value is -3.30. The number of hydrogen-bond donors (Lipinski definition) is 2. The molecule has 3 aromatic rings. The van der Waals surface area contributed by atoms with Crippen molar-refractivity contribution in [1.82, 2.24) is 25.2 Å². The maximum atomic E-state index is 12.7. The van der Waals surface area contributed by atoms with Gasteiger partial charge in [0.05, 0.1) is 6.61 Å². The van der Waals surface area contributed by atoms with Gasteiger partial charge in [0, 0.05) is 40.8 Å². The number of H-pyrrole nitrogens is 1. The molecule has 1 atom stereocenters. The lowest BCUT2D eigenvalue weighted by Crippen LogP contribution is -2.14. The molecule has 10 heteroatoms. The highest BCUT2D eigenvalue weighted by Crippen LogP contribution is 2.38. The van der Waals surface area contributed by atoms with Gasteiger partial charge in [-0.05, 0) is 60.1 Å². The SMILES string of the molecule is O=C(O)Cn1nnc(CCc2ccc(/C(=C\[C@H]3CCOC3)c3ccc(C4CC4)c(=O)[nH]3)cc2Cl)n1. The van der Waals surface area contributed by atoms with Gasteiger partial charge in [-0.15, -0.1) is 10.2 Å². The third-order valence-corrected chi connectivity index (χ3v) is 6.72. The molecule has 1 aromatic carbocycles. The molecule has 0 bridgehead atoms. The van der Waals surface area contributed by atoms with Gasteiger partial charge in [0.15, 0.2) is 12.4 Å². The number of carboxylic acid groups (broad SMARTS) is 1. The molecule has 1 aliphatic heterocycles. The quantitative estimate of drug-likeness (QED) is 0.467. The largest absolute Gasteiger partial charge is 0.480 e. The highest BCUT2D eigenvalue weighted by atomic mass is 35.5. The Balaban J connectivity index is 1.38. The van der Waals surface area contributed by atoms with Crippen molar-refractivity contribution in [3.05, 3.63) is 80.0 Å². The van der Waals surface area contributed by atoms with E-state index >= 15 is 0 Å². The van der Waals surface area contributed by atoms with E-state index in [0.29, 0.717) is 36.2 Å². The number of aromatic nitrogens is 5. The number of halogens is 1. The smallest absolute Gasteiger partial charge is 0.327 e. The number of pyridine rings is 1. The third kappa shape index (κ3) is 5.68.